The van der Waals surface area contributed by atoms with Crippen molar-refractivity contribution in [3.8, 4) is 0 Å². The monoisotopic (exact) mass is 498 g/mol. The van der Waals surface area contributed by atoms with Crippen molar-refractivity contribution < 1.29 is 24.5 Å². The van der Waals surface area contributed by atoms with E-state index in [1.54, 1.807) is 0 Å². The van der Waals surface area contributed by atoms with Crippen molar-refractivity contribution in [3.05, 3.63) is 35.5 Å². The molecule has 10 atom stereocenters. The van der Waals surface area contributed by atoms with Crippen molar-refractivity contribution in [3.63, 3.8) is 0 Å². The molecular weight excluding hydrogens is 452 g/mol. The summed E-state index contributed by atoms with van der Waals surface area (Å²) in [5, 5.41) is 21.3. The molecule has 0 aromatic heterocycles. The first-order chi connectivity index (χ1) is 17.0. The molecule has 5 aliphatic carbocycles. The zero-order valence-electron chi connectivity index (χ0n) is 22.8. The highest BCUT2D eigenvalue weighted by atomic mass is 16.7. The number of carbonyl (C=O) groups is 1. The van der Waals surface area contributed by atoms with Crippen LogP contribution in [0.15, 0.2) is 35.5 Å². The van der Waals surface area contributed by atoms with Gasteiger partial charge < -0.3 is 19.7 Å². The number of ether oxygens (including phenoxy) is 2. The fourth-order valence-electron chi connectivity index (χ4n) is 9.18. The van der Waals surface area contributed by atoms with Gasteiger partial charge >= 0.3 is 6.16 Å². The molecule has 0 spiro atoms. The van der Waals surface area contributed by atoms with Gasteiger partial charge in [-0.2, -0.15) is 0 Å². The van der Waals surface area contributed by atoms with Crippen LogP contribution in [0.1, 0.15) is 85.5 Å². The van der Waals surface area contributed by atoms with Crippen molar-refractivity contribution >= 4 is 6.16 Å². The number of carbonyl (C=O) groups excluding carboxylic acids is 1. The topological polar surface area (TPSA) is 76.0 Å². The zero-order chi connectivity index (χ0) is 25.9. The fraction of sp³-hybridized carbons (Fsp3) is 0.774. The number of hydrogen-bond acceptors (Lipinski definition) is 5. The Morgan fingerprint density at radius 2 is 1.89 bits per heavy atom. The summed E-state index contributed by atoms with van der Waals surface area (Å²) in [7, 11) is 1.35. The van der Waals surface area contributed by atoms with Crippen LogP contribution in [0.5, 0.6) is 0 Å². The molecule has 0 heterocycles. The number of aliphatic hydroxyl groups excluding tert-OH is 1. The first-order valence-corrected chi connectivity index (χ1v) is 14.2. The van der Waals surface area contributed by atoms with Crippen LogP contribution in [0.4, 0.5) is 4.79 Å². The van der Waals surface area contributed by atoms with Crippen LogP contribution in [0.3, 0.4) is 0 Å². The number of methoxy groups -OCH3 is 1. The Bertz CT molecular complexity index is 962. The van der Waals surface area contributed by atoms with Crippen molar-refractivity contribution in [1.29, 1.82) is 0 Å². The minimum atomic E-state index is -0.658. The molecule has 2 N–H and O–H groups in total. The van der Waals surface area contributed by atoms with Crippen LogP contribution in [0.2, 0.25) is 0 Å². The van der Waals surface area contributed by atoms with Gasteiger partial charge in [0.2, 0.25) is 0 Å². The predicted molar refractivity (Wildman–Crippen MR) is 140 cm³/mol. The van der Waals surface area contributed by atoms with Crippen LogP contribution >= 0.6 is 0 Å². The Kier molecular flexibility index (Phi) is 6.73. The van der Waals surface area contributed by atoms with E-state index in [9.17, 15) is 15.0 Å². The molecule has 5 rings (SSSR count). The molecule has 0 bridgehead atoms. The average Bonchev–Trinajstić information content (AvgIpc) is 3.36. The first-order valence-electron chi connectivity index (χ1n) is 14.2. The Hall–Kier alpha value is -1.59. The molecule has 0 aromatic carbocycles. The largest absolute Gasteiger partial charge is 0.508 e. The quantitative estimate of drug-likeness (QED) is 0.349. The summed E-state index contributed by atoms with van der Waals surface area (Å²) in [6.45, 7) is 9.14. The van der Waals surface area contributed by atoms with Gasteiger partial charge in [0.25, 0.3) is 0 Å². The van der Waals surface area contributed by atoms with E-state index in [0.29, 0.717) is 36.5 Å². The second-order valence-corrected chi connectivity index (χ2v) is 13.2. The molecule has 200 valence electrons. The molecule has 5 aliphatic rings. The van der Waals surface area contributed by atoms with Gasteiger partial charge in [-0.05, 0) is 87.4 Å². The van der Waals surface area contributed by atoms with Gasteiger partial charge in [-0.3, -0.25) is 0 Å². The highest BCUT2D eigenvalue weighted by molar-refractivity contribution is 5.60. The summed E-state index contributed by atoms with van der Waals surface area (Å²) in [5.41, 5.74) is 2.14. The zero-order valence-corrected chi connectivity index (χ0v) is 22.8. The summed E-state index contributed by atoms with van der Waals surface area (Å²) in [6, 6.07) is 0. The highest BCUT2D eigenvalue weighted by Crippen LogP contribution is 2.66. The maximum absolute atomic E-state index is 12.1. The molecule has 5 nitrogen and oxygen atoms in total. The Balaban J connectivity index is 1.39. The normalized spacial score (nSPS) is 46.9. The van der Waals surface area contributed by atoms with Crippen LogP contribution in [-0.4, -0.2) is 41.3 Å². The lowest BCUT2D eigenvalue weighted by molar-refractivity contribution is -0.0760. The molecule has 0 radical (unpaired) electrons. The molecule has 1 unspecified atom stereocenters. The summed E-state index contributed by atoms with van der Waals surface area (Å²) in [5.74, 6) is 2.25. The van der Waals surface area contributed by atoms with Crippen LogP contribution in [-0.2, 0) is 9.47 Å². The van der Waals surface area contributed by atoms with E-state index in [-0.39, 0.29) is 22.9 Å². The fourth-order valence-corrected chi connectivity index (χ4v) is 9.18. The number of rotatable bonds is 4. The van der Waals surface area contributed by atoms with Gasteiger partial charge in [0.1, 0.15) is 6.10 Å². The van der Waals surface area contributed by atoms with Gasteiger partial charge in [-0.15, -0.1) is 0 Å². The van der Waals surface area contributed by atoms with E-state index in [2.05, 4.69) is 45.1 Å². The molecule has 36 heavy (non-hydrogen) atoms. The van der Waals surface area contributed by atoms with Crippen LogP contribution < -0.4 is 0 Å². The second kappa shape index (κ2) is 9.31. The van der Waals surface area contributed by atoms with E-state index in [4.69, 9.17) is 9.47 Å². The third-order valence-corrected chi connectivity index (χ3v) is 11.4. The smallest absolute Gasteiger partial charge is 0.438 e. The molecule has 0 saturated heterocycles. The van der Waals surface area contributed by atoms with E-state index < -0.39 is 17.9 Å². The Morgan fingerprint density at radius 1 is 1.11 bits per heavy atom. The number of fused-ring (bicyclic) bond motifs is 5. The number of allylic oxidation sites excluding steroid dienone is 4. The van der Waals surface area contributed by atoms with Crippen molar-refractivity contribution in [1.82, 2.24) is 0 Å². The second-order valence-electron chi connectivity index (χ2n) is 13.2. The van der Waals surface area contributed by atoms with Gasteiger partial charge in [-0.25, -0.2) is 4.79 Å². The van der Waals surface area contributed by atoms with Gasteiger partial charge in [0.15, 0.2) is 0 Å². The molecule has 0 amide bonds. The van der Waals surface area contributed by atoms with Crippen molar-refractivity contribution in [2.45, 2.75) is 103 Å². The van der Waals surface area contributed by atoms with Gasteiger partial charge in [-0.1, -0.05) is 56.2 Å². The molecule has 0 aromatic rings. The van der Waals surface area contributed by atoms with Crippen molar-refractivity contribution in [2.24, 2.45) is 40.4 Å². The molecular formula is C31H46O5. The minimum absolute atomic E-state index is 0.249. The third kappa shape index (κ3) is 4.09. The Morgan fingerprint density at radius 3 is 2.58 bits per heavy atom. The summed E-state index contributed by atoms with van der Waals surface area (Å²) in [6.07, 6.45) is 16.7. The summed E-state index contributed by atoms with van der Waals surface area (Å²) in [4.78, 5) is 12.1. The number of hydrogen-bond donors (Lipinski definition) is 2. The SMILES string of the molecule is COC(=O)O[C@H]1C[C@H](O)CC2=CC=C3[C@@H]4CC[C@H]([C@H](C)C=C[C@@H]5CCCC5(C)O)[C@@]4(C)CC[C@@H]3[C@]21C. The maximum atomic E-state index is 12.1. The van der Waals surface area contributed by atoms with Crippen molar-refractivity contribution in [2.75, 3.05) is 7.11 Å². The van der Waals surface area contributed by atoms with E-state index in [0.717, 1.165) is 25.7 Å². The highest BCUT2D eigenvalue weighted by Gasteiger charge is 2.59. The lowest BCUT2D eigenvalue weighted by Crippen LogP contribution is -2.53. The van der Waals surface area contributed by atoms with Crippen LogP contribution in [0, 0.1) is 40.4 Å². The van der Waals surface area contributed by atoms with Gasteiger partial charge in [0, 0.05) is 17.8 Å². The molecule has 4 fully saturated rings. The first kappa shape index (κ1) is 26.0. The standard InChI is InChI=1S/C31H46O5/c1-19(8-9-20-7-6-15-30(20,3)34)24-12-13-25-23-11-10-21-17-22(32)18-27(36-28(33)35-5)31(21,4)26(23)14-16-29(24,25)2/h8-11,19-20,22,24-27,32,34H,6-7,12-18H2,1-5H3/t19-,20+,22-,24-,25+,26+,27+,29-,30?,31+/m1/s1. The number of aliphatic hydroxyl groups is 2. The summed E-state index contributed by atoms with van der Waals surface area (Å²) < 4.78 is 10.7. The Labute approximate surface area is 217 Å². The van der Waals surface area contributed by atoms with Crippen LogP contribution in [0.25, 0.3) is 0 Å². The van der Waals surface area contributed by atoms with E-state index in [1.807, 2.05) is 6.92 Å². The van der Waals surface area contributed by atoms with E-state index >= 15 is 0 Å². The molecule has 4 saturated carbocycles. The maximum Gasteiger partial charge on any atom is 0.508 e. The lowest BCUT2D eigenvalue weighted by Gasteiger charge is -2.56. The molecule has 0 aliphatic heterocycles. The predicted octanol–water partition coefficient (Wildman–Crippen LogP) is 6.35. The van der Waals surface area contributed by atoms with Gasteiger partial charge in [0.05, 0.1) is 18.8 Å². The molecule has 5 heteroatoms. The minimum Gasteiger partial charge on any atom is -0.438 e. The third-order valence-electron chi connectivity index (χ3n) is 11.4. The summed E-state index contributed by atoms with van der Waals surface area (Å²) >= 11 is 0. The van der Waals surface area contributed by atoms with E-state index in [1.165, 1.54) is 37.5 Å². The lowest BCUT2D eigenvalue weighted by atomic mass is 9.49. The average molecular weight is 499 g/mol.